The van der Waals surface area contributed by atoms with Crippen molar-refractivity contribution in [2.75, 3.05) is 39.4 Å². The summed E-state index contributed by atoms with van der Waals surface area (Å²) in [5, 5.41) is 3.44. The first-order valence-electron chi connectivity index (χ1n) is 7.99. The Kier molecular flexibility index (Phi) is 8.80. The number of ether oxygens (including phenoxy) is 1. The second-order valence-corrected chi connectivity index (χ2v) is 5.84. The van der Waals surface area contributed by atoms with Crippen molar-refractivity contribution in [3.63, 3.8) is 0 Å². The Bertz CT molecular complexity index is 398. The van der Waals surface area contributed by atoms with E-state index in [4.69, 9.17) is 9.15 Å². The number of furan rings is 1. The van der Waals surface area contributed by atoms with E-state index in [1.54, 1.807) is 0 Å². The maximum atomic E-state index is 6.10. The van der Waals surface area contributed by atoms with Crippen LogP contribution in [0.4, 0.5) is 0 Å². The van der Waals surface area contributed by atoms with Crippen LogP contribution in [0.5, 0.6) is 0 Å². The van der Waals surface area contributed by atoms with Crippen molar-refractivity contribution < 1.29 is 9.15 Å². The van der Waals surface area contributed by atoms with E-state index in [-0.39, 0.29) is 24.8 Å². The van der Waals surface area contributed by atoms with Crippen molar-refractivity contribution in [1.82, 2.24) is 10.2 Å². The predicted molar refractivity (Wildman–Crippen MR) is 93.3 cm³/mol. The SMILES string of the molecule is CCc1ccc([C@@H](C2CCOCC2)N2CCNCC2)o1.Cl.Cl. The number of aryl methyl sites for hydroxylation is 1. The standard InChI is InChI=1S/C16H26N2O2.2ClH/c1-2-14-3-4-15(20-14)16(13-5-11-19-12-6-13)18-9-7-17-8-10-18;;/h3-4,13,16-17H,2,5-12H2,1H3;2*1H/t16-;;/m1../s1. The summed E-state index contributed by atoms with van der Waals surface area (Å²) in [6.45, 7) is 8.34. The van der Waals surface area contributed by atoms with Gasteiger partial charge in [-0.2, -0.15) is 0 Å². The van der Waals surface area contributed by atoms with E-state index < -0.39 is 0 Å². The van der Waals surface area contributed by atoms with Gasteiger partial charge in [0.15, 0.2) is 0 Å². The molecule has 22 heavy (non-hydrogen) atoms. The quantitative estimate of drug-likeness (QED) is 0.905. The molecule has 0 aromatic carbocycles. The maximum Gasteiger partial charge on any atom is 0.121 e. The Morgan fingerprint density at radius 2 is 1.86 bits per heavy atom. The van der Waals surface area contributed by atoms with Crippen LogP contribution in [0.15, 0.2) is 16.5 Å². The van der Waals surface area contributed by atoms with Crippen LogP contribution in [0.1, 0.15) is 37.3 Å². The molecular weight excluding hydrogens is 323 g/mol. The van der Waals surface area contributed by atoms with E-state index in [9.17, 15) is 0 Å². The fraction of sp³-hybridized carbons (Fsp3) is 0.750. The zero-order chi connectivity index (χ0) is 13.8. The van der Waals surface area contributed by atoms with Crippen LogP contribution in [0.3, 0.4) is 0 Å². The zero-order valence-electron chi connectivity index (χ0n) is 13.3. The Labute approximate surface area is 145 Å². The van der Waals surface area contributed by atoms with Crippen molar-refractivity contribution in [2.45, 2.75) is 32.2 Å². The molecule has 2 aliphatic heterocycles. The molecule has 0 unspecified atom stereocenters. The number of hydrogen-bond donors (Lipinski definition) is 1. The minimum absolute atomic E-state index is 0. The van der Waals surface area contributed by atoms with Crippen LogP contribution >= 0.6 is 24.8 Å². The van der Waals surface area contributed by atoms with E-state index in [0.717, 1.165) is 70.2 Å². The third-order valence-corrected chi connectivity index (χ3v) is 4.58. The number of nitrogens with zero attached hydrogens (tertiary/aromatic N) is 1. The van der Waals surface area contributed by atoms with E-state index in [1.807, 2.05) is 0 Å². The third kappa shape index (κ3) is 4.62. The first-order chi connectivity index (χ1) is 9.88. The number of nitrogens with one attached hydrogen (secondary N) is 1. The summed E-state index contributed by atoms with van der Waals surface area (Å²) in [6.07, 6.45) is 3.27. The van der Waals surface area contributed by atoms with Gasteiger partial charge in [0.05, 0.1) is 6.04 Å². The van der Waals surface area contributed by atoms with E-state index in [0.29, 0.717) is 12.0 Å². The van der Waals surface area contributed by atoms with Gasteiger partial charge in [0.25, 0.3) is 0 Å². The molecule has 1 aromatic heterocycles. The van der Waals surface area contributed by atoms with E-state index in [2.05, 4.69) is 29.3 Å². The van der Waals surface area contributed by atoms with Gasteiger partial charge >= 0.3 is 0 Å². The maximum absolute atomic E-state index is 6.10. The number of rotatable bonds is 4. The van der Waals surface area contributed by atoms with Crippen LogP contribution in [0, 0.1) is 5.92 Å². The van der Waals surface area contributed by atoms with Gasteiger partial charge in [-0.1, -0.05) is 6.92 Å². The molecule has 1 N–H and O–H groups in total. The molecule has 0 bridgehead atoms. The highest BCUT2D eigenvalue weighted by Gasteiger charge is 2.33. The molecule has 4 nitrogen and oxygen atoms in total. The van der Waals surface area contributed by atoms with Gasteiger partial charge in [-0.3, -0.25) is 4.90 Å². The topological polar surface area (TPSA) is 37.6 Å². The van der Waals surface area contributed by atoms with Crippen molar-refractivity contribution in [3.8, 4) is 0 Å². The van der Waals surface area contributed by atoms with Crippen molar-refractivity contribution in [2.24, 2.45) is 5.92 Å². The molecule has 128 valence electrons. The Hall–Kier alpha value is -0.260. The molecule has 1 aromatic rings. The summed E-state index contributed by atoms with van der Waals surface area (Å²) in [5.41, 5.74) is 0. The second-order valence-electron chi connectivity index (χ2n) is 5.84. The Morgan fingerprint density at radius 3 is 2.45 bits per heavy atom. The fourth-order valence-electron chi connectivity index (χ4n) is 3.45. The lowest BCUT2D eigenvalue weighted by atomic mass is 9.88. The minimum atomic E-state index is 0. The van der Waals surface area contributed by atoms with Crippen LogP contribution in [-0.4, -0.2) is 44.3 Å². The number of halogens is 2. The zero-order valence-corrected chi connectivity index (χ0v) is 14.9. The first-order valence-corrected chi connectivity index (χ1v) is 7.99. The molecular formula is C16H28Cl2N2O2. The highest BCUT2D eigenvalue weighted by atomic mass is 35.5. The summed E-state index contributed by atoms with van der Waals surface area (Å²) in [7, 11) is 0. The number of hydrogen-bond acceptors (Lipinski definition) is 4. The largest absolute Gasteiger partial charge is 0.464 e. The van der Waals surface area contributed by atoms with Crippen LogP contribution in [0.2, 0.25) is 0 Å². The molecule has 1 atom stereocenters. The van der Waals surface area contributed by atoms with Gasteiger partial charge < -0.3 is 14.5 Å². The summed E-state index contributed by atoms with van der Waals surface area (Å²) < 4.78 is 11.6. The van der Waals surface area contributed by atoms with Gasteiger partial charge in [0, 0.05) is 45.8 Å². The lowest BCUT2D eigenvalue weighted by Gasteiger charge is -2.39. The van der Waals surface area contributed by atoms with Crippen molar-refractivity contribution in [1.29, 1.82) is 0 Å². The minimum Gasteiger partial charge on any atom is -0.464 e. The predicted octanol–water partition coefficient (Wildman–Crippen LogP) is 3.06. The molecule has 0 radical (unpaired) electrons. The normalized spacial score (nSPS) is 21.7. The molecule has 3 heterocycles. The molecule has 6 heteroatoms. The highest BCUT2D eigenvalue weighted by molar-refractivity contribution is 5.85. The molecule has 3 rings (SSSR count). The first kappa shape index (κ1) is 19.8. The van der Waals surface area contributed by atoms with Crippen LogP contribution in [0.25, 0.3) is 0 Å². The molecule has 0 aliphatic carbocycles. The van der Waals surface area contributed by atoms with Gasteiger partial charge in [-0.15, -0.1) is 24.8 Å². The monoisotopic (exact) mass is 350 g/mol. The van der Waals surface area contributed by atoms with Gasteiger partial charge in [-0.05, 0) is 30.9 Å². The molecule has 2 fully saturated rings. The van der Waals surface area contributed by atoms with Gasteiger partial charge in [0.1, 0.15) is 11.5 Å². The smallest absolute Gasteiger partial charge is 0.121 e. The van der Waals surface area contributed by atoms with Gasteiger partial charge in [0.2, 0.25) is 0 Å². The average Bonchev–Trinajstić information content (AvgIpc) is 2.98. The second kappa shape index (κ2) is 9.78. The molecule has 2 saturated heterocycles. The third-order valence-electron chi connectivity index (χ3n) is 4.58. The van der Waals surface area contributed by atoms with Crippen molar-refractivity contribution >= 4 is 24.8 Å². The Balaban J connectivity index is 0.00000121. The molecule has 0 amide bonds. The lowest BCUT2D eigenvalue weighted by molar-refractivity contribution is 0.0145. The molecule has 2 aliphatic rings. The summed E-state index contributed by atoms with van der Waals surface area (Å²) >= 11 is 0. The average molecular weight is 351 g/mol. The van der Waals surface area contributed by atoms with E-state index >= 15 is 0 Å². The summed E-state index contributed by atoms with van der Waals surface area (Å²) in [4.78, 5) is 2.60. The lowest BCUT2D eigenvalue weighted by Crippen LogP contribution is -2.47. The molecule has 0 spiro atoms. The summed E-state index contributed by atoms with van der Waals surface area (Å²) in [5.74, 6) is 2.93. The van der Waals surface area contributed by atoms with Crippen molar-refractivity contribution in [3.05, 3.63) is 23.7 Å². The van der Waals surface area contributed by atoms with Gasteiger partial charge in [-0.25, -0.2) is 0 Å². The molecule has 0 saturated carbocycles. The fourth-order valence-corrected chi connectivity index (χ4v) is 3.45. The van der Waals surface area contributed by atoms with E-state index in [1.165, 1.54) is 0 Å². The van der Waals surface area contributed by atoms with Crippen LogP contribution < -0.4 is 5.32 Å². The van der Waals surface area contributed by atoms with Crippen LogP contribution in [-0.2, 0) is 11.2 Å². The Morgan fingerprint density at radius 1 is 1.18 bits per heavy atom. The number of piperazine rings is 1. The summed E-state index contributed by atoms with van der Waals surface area (Å²) in [6, 6.07) is 4.77. The highest BCUT2D eigenvalue weighted by Crippen LogP contribution is 2.36.